The van der Waals surface area contributed by atoms with Gasteiger partial charge in [-0.1, -0.05) is 6.92 Å². The van der Waals surface area contributed by atoms with Crippen LogP contribution in [0.2, 0.25) is 0 Å². The first kappa shape index (κ1) is 13.0. The SMILES string of the molecule is CCN1CCCC1CNC(C)c1csc(C)n1. The van der Waals surface area contributed by atoms with Crippen molar-refractivity contribution in [2.75, 3.05) is 19.6 Å². The van der Waals surface area contributed by atoms with Crippen LogP contribution in [0.4, 0.5) is 0 Å². The number of likely N-dealkylation sites (tertiary alicyclic amines) is 1. The van der Waals surface area contributed by atoms with Gasteiger partial charge in [0.25, 0.3) is 0 Å². The number of nitrogens with zero attached hydrogens (tertiary/aromatic N) is 2. The first-order valence-electron chi connectivity index (χ1n) is 6.60. The predicted molar refractivity (Wildman–Crippen MR) is 73.5 cm³/mol. The van der Waals surface area contributed by atoms with E-state index in [4.69, 9.17) is 0 Å². The van der Waals surface area contributed by atoms with Gasteiger partial charge in [0.1, 0.15) is 0 Å². The minimum absolute atomic E-state index is 0.374. The second-order valence-corrected chi connectivity index (χ2v) is 5.91. The van der Waals surface area contributed by atoms with Crippen LogP contribution in [0.1, 0.15) is 43.4 Å². The van der Waals surface area contributed by atoms with Gasteiger partial charge in [0.05, 0.1) is 10.7 Å². The molecule has 1 N–H and O–H groups in total. The Balaban J connectivity index is 1.81. The van der Waals surface area contributed by atoms with Crippen molar-refractivity contribution in [2.45, 2.75) is 45.7 Å². The van der Waals surface area contributed by atoms with Crippen molar-refractivity contribution in [3.05, 3.63) is 16.1 Å². The van der Waals surface area contributed by atoms with Crippen LogP contribution >= 0.6 is 11.3 Å². The summed E-state index contributed by atoms with van der Waals surface area (Å²) in [6.07, 6.45) is 2.69. The minimum Gasteiger partial charge on any atom is -0.307 e. The molecule has 2 heterocycles. The van der Waals surface area contributed by atoms with E-state index in [2.05, 4.69) is 41.4 Å². The Labute approximate surface area is 108 Å². The lowest BCUT2D eigenvalue weighted by Gasteiger charge is -2.24. The molecule has 0 aliphatic carbocycles. The number of hydrogen-bond donors (Lipinski definition) is 1. The van der Waals surface area contributed by atoms with Gasteiger partial charge in [-0.25, -0.2) is 4.98 Å². The zero-order valence-corrected chi connectivity index (χ0v) is 11.9. The molecule has 0 bridgehead atoms. The third-order valence-corrected chi connectivity index (χ3v) is 4.44. The molecule has 3 nitrogen and oxygen atoms in total. The number of likely N-dealkylation sites (N-methyl/N-ethyl adjacent to an activating group) is 1. The zero-order chi connectivity index (χ0) is 12.3. The van der Waals surface area contributed by atoms with Crippen LogP contribution in [-0.2, 0) is 0 Å². The number of nitrogens with one attached hydrogen (secondary N) is 1. The van der Waals surface area contributed by atoms with Gasteiger partial charge in [-0.15, -0.1) is 11.3 Å². The molecule has 2 unspecified atom stereocenters. The molecular formula is C13H23N3S. The van der Waals surface area contributed by atoms with Crippen molar-refractivity contribution >= 4 is 11.3 Å². The van der Waals surface area contributed by atoms with Gasteiger partial charge < -0.3 is 5.32 Å². The standard InChI is InChI=1S/C13H23N3S/c1-4-16-7-5-6-12(16)8-14-10(2)13-9-17-11(3)15-13/h9-10,12,14H,4-8H2,1-3H3. The number of rotatable bonds is 5. The first-order valence-corrected chi connectivity index (χ1v) is 7.48. The van der Waals surface area contributed by atoms with Crippen LogP contribution in [0, 0.1) is 6.92 Å². The van der Waals surface area contributed by atoms with Crippen molar-refractivity contribution in [2.24, 2.45) is 0 Å². The van der Waals surface area contributed by atoms with E-state index >= 15 is 0 Å². The summed E-state index contributed by atoms with van der Waals surface area (Å²) in [5.74, 6) is 0. The lowest BCUT2D eigenvalue weighted by molar-refractivity contribution is 0.255. The molecule has 1 aromatic rings. The molecule has 1 aliphatic rings. The highest BCUT2D eigenvalue weighted by atomic mass is 32.1. The summed E-state index contributed by atoms with van der Waals surface area (Å²) in [6.45, 7) is 10.1. The molecule has 0 radical (unpaired) electrons. The summed E-state index contributed by atoms with van der Waals surface area (Å²) in [6, 6.07) is 1.10. The summed E-state index contributed by atoms with van der Waals surface area (Å²) in [4.78, 5) is 7.11. The second kappa shape index (κ2) is 5.94. The van der Waals surface area contributed by atoms with Crippen molar-refractivity contribution in [1.29, 1.82) is 0 Å². The maximum atomic E-state index is 4.54. The van der Waals surface area contributed by atoms with Crippen LogP contribution in [0.3, 0.4) is 0 Å². The fourth-order valence-electron chi connectivity index (χ4n) is 2.54. The third-order valence-electron chi connectivity index (χ3n) is 3.65. The normalized spacial score (nSPS) is 23.1. The van der Waals surface area contributed by atoms with Gasteiger partial charge in [0.2, 0.25) is 0 Å². The molecule has 0 saturated carbocycles. The van der Waals surface area contributed by atoms with Gasteiger partial charge in [-0.05, 0) is 39.8 Å². The second-order valence-electron chi connectivity index (χ2n) is 4.85. The Morgan fingerprint density at radius 3 is 3.12 bits per heavy atom. The largest absolute Gasteiger partial charge is 0.307 e. The summed E-state index contributed by atoms with van der Waals surface area (Å²) < 4.78 is 0. The minimum atomic E-state index is 0.374. The third kappa shape index (κ3) is 3.27. The van der Waals surface area contributed by atoms with E-state index in [1.54, 1.807) is 11.3 Å². The fourth-order valence-corrected chi connectivity index (χ4v) is 3.25. The fraction of sp³-hybridized carbons (Fsp3) is 0.769. The Bertz CT molecular complexity index is 350. The van der Waals surface area contributed by atoms with Crippen LogP contribution < -0.4 is 5.32 Å². The van der Waals surface area contributed by atoms with Crippen molar-refractivity contribution < 1.29 is 0 Å². The molecular weight excluding hydrogens is 230 g/mol. The molecule has 17 heavy (non-hydrogen) atoms. The van der Waals surface area contributed by atoms with E-state index in [-0.39, 0.29) is 0 Å². The smallest absolute Gasteiger partial charge is 0.0898 e. The van der Waals surface area contributed by atoms with Gasteiger partial charge in [0.15, 0.2) is 0 Å². The van der Waals surface area contributed by atoms with Gasteiger partial charge in [-0.2, -0.15) is 0 Å². The molecule has 0 spiro atoms. The Morgan fingerprint density at radius 2 is 2.47 bits per heavy atom. The molecule has 2 atom stereocenters. The van der Waals surface area contributed by atoms with E-state index in [1.165, 1.54) is 31.6 Å². The van der Waals surface area contributed by atoms with Gasteiger partial charge in [0, 0.05) is 24.0 Å². The molecule has 1 aliphatic heterocycles. The molecule has 4 heteroatoms. The van der Waals surface area contributed by atoms with Gasteiger partial charge >= 0.3 is 0 Å². The highest BCUT2D eigenvalue weighted by molar-refractivity contribution is 7.09. The van der Waals surface area contributed by atoms with E-state index in [0.717, 1.165) is 17.6 Å². The Morgan fingerprint density at radius 1 is 1.65 bits per heavy atom. The molecule has 1 saturated heterocycles. The molecule has 1 fully saturated rings. The van der Waals surface area contributed by atoms with Crippen LogP contribution in [0.25, 0.3) is 0 Å². The number of aryl methyl sites for hydroxylation is 1. The Hall–Kier alpha value is -0.450. The molecule has 2 rings (SSSR count). The molecule has 0 amide bonds. The van der Waals surface area contributed by atoms with Crippen molar-refractivity contribution in [1.82, 2.24) is 15.2 Å². The molecule has 0 aromatic carbocycles. The van der Waals surface area contributed by atoms with Crippen molar-refractivity contribution in [3.63, 3.8) is 0 Å². The van der Waals surface area contributed by atoms with Crippen molar-refractivity contribution in [3.8, 4) is 0 Å². The lowest BCUT2D eigenvalue weighted by atomic mass is 10.2. The average Bonchev–Trinajstić information content (AvgIpc) is 2.94. The summed E-state index contributed by atoms with van der Waals surface area (Å²) in [5, 5.41) is 6.94. The van der Waals surface area contributed by atoms with E-state index in [0.29, 0.717) is 6.04 Å². The number of aromatic nitrogens is 1. The topological polar surface area (TPSA) is 28.2 Å². The van der Waals surface area contributed by atoms with Gasteiger partial charge in [-0.3, -0.25) is 4.90 Å². The van der Waals surface area contributed by atoms with E-state index in [9.17, 15) is 0 Å². The van der Waals surface area contributed by atoms with Crippen LogP contribution in [0.5, 0.6) is 0 Å². The first-order chi connectivity index (χ1) is 8.20. The maximum Gasteiger partial charge on any atom is 0.0898 e. The number of thiazole rings is 1. The summed E-state index contributed by atoms with van der Waals surface area (Å²) >= 11 is 1.73. The van der Waals surface area contributed by atoms with E-state index in [1.807, 2.05) is 0 Å². The summed E-state index contributed by atoms with van der Waals surface area (Å²) in [5.41, 5.74) is 1.19. The quantitative estimate of drug-likeness (QED) is 0.874. The maximum absolute atomic E-state index is 4.54. The number of hydrogen-bond acceptors (Lipinski definition) is 4. The molecule has 1 aromatic heterocycles. The Kier molecular flexibility index (Phi) is 4.54. The highest BCUT2D eigenvalue weighted by Crippen LogP contribution is 2.19. The monoisotopic (exact) mass is 253 g/mol. The average molecular weight is 253 g/mol. The zero-order valence-electron chi connectivity index (χ0n) is 11.1. The van der Waals surface area contributed by atoms with Crippen LogP contribution in [0.15, 0.2) is 5.38 Å². The summed E-state index contributed by atoms with van der Waals surface area (Å²) in [7, 11) is 0. The predicted octanol–water partition coefficient (Wildman–Crippen LogP) is 2.59. The van der Waals surface area contributed by atoms with E-state index < -0.39 is 0 Å². The highest BCUT2D eigenvalue weighted by Gasteiger charge is 2.23. The van der Waals surface area contributed by atoms with Crippen LogP contribution in [-0.4, -0.2) is 35.6 Å². The molecule has 96 valence electrons. The lowest BCUT2D eigenvalue weighted by Crippen LogP contribution is -2.38.